The lowest BCUT2D eigenvalue weighted by molar-refractivity contribution is -0.127. The van der Waals surface area contributed by atoms with Crippen molar-refractivity contribution in [3.8, 4) is 0 Å². The molecular weight excluding hydrogens is 316 g/mol. The molecule has 0 N–H and O–H groups in total. The van der Waals surface area contributed by atoms with Gasteiger partial charge in [0.05, 0.1) is 6.20 Å². The summed E-state index contributed by atoms with van der Waals surface area (Å²) in [6, 6.07) is 7.82. The molecule has 6 nitrogen and oxygen atoms in total. The van der Waals surface area contributed by atoms with Gasteiger partial charge in [-0.25, -0.2) is 4.98 Å². The number of nitrogens with zero attached hydrogens (tertiary/aromatic N) is 4. The molecule has 128 valence electrons. The highest BCUT2D eigenvalue weighted by atomic mass is 16.3. The van der Waals surface area contributed by atoms with Crippen LogP contribution in [0, 0.1) is 0 Å². The van der Waals surface area contributed by atoms with Crippen molar-refractivity contribution in [3.05, 3.63) is 54.2 Å². The molecule has 4 rings (SSSR count). The van der Waals surface area contributed by atoms with Crippen LogP contribution < -0.4 is 0 Å². The van der Waals surface area contributed by atoms with Crippen LogP contribution in [0.25, 0.3) is 17.2 Å². The van der Waals surface area contributed by atoms with Crippen LogP contribution in [0.1, 0.15) is 30.2 Å². The van der Waals surface area contributed by atoms with Crippen molar-refractivity contribution in [2.45, 2.75) is 18.8 Å². The Hall–Kier alpha value is -2.89. The zero-order chi connectivity index (χ0) is 17.2. The average molecular weight is 336 g/mol. The molecule has 0 unspecified atom stereocenters. The summed E-state index contributed by atoms with van der Waals surface area (Å²) in [7, 11) is 1.86. The molecule has 1 aliphatic rings. The number of para-hydroxylation sites is 2. The van der Waals surface area contributed by atoms with Gasteiger partial charge in [-0.15, -0.1) is 0 Å². The van der Waals surface area contributed by atoms with Gasteiger partial charge in [-0.3, -0.25) is 9.48 Å². The number of piperidine rings is 1. The lowest BCUT2D eigenvalue weighted by Gasteiger charge is -2.29. The second kappa shape index (κ2) is 6.55. The molecule has 1 saturated heterocycles. The van der Waals surface area contributed by atoms with Crippen molar-refractivity contribution in [2.75, 3.05) is 13.1 Å². The van der Waals surface area contributed by atoms with Gasteiger partial charge in [0, 0.05) is 43.9 Å². The van der Waals surface area contributed by atoms with Crippen molar-refractivity contribution >= 4 is 23.1 Å². The molecule has 1 fully saturated rings. The van der Waals surface area contributed by atoms with Gasteiger partial charge in [0.15, 0.2) is 11.5 Å². The third-order valence-corrected chi connectivity index (χ3v) is 4.61. The van der Waals surface area contributed by atoms with Gasteiger partial charge in [-0.05, 0) is 31.1 Å². The van der Waals surface area contributed by atoms with Crippen LogP contribution in [0.15, 0.2) is 47.2 Å². The number of carbonyl (C=O) groups excluding carboxylic acids is 1. The summed E-state index contributed by atoms with van der Waals surface area (Å²) in [6.45, 7) is 1.44. The van der Waals surface area contributed by atoms with E-state index in [1.54, 1.807) is 17.0 Å². The van der Waals surface area contributed by atoms with Crippen LogP contribution in [0.4, 0.5) is 0 Å². The number of hydrogen-bond donors (Lipinski definition) is 0. The number of amides is 1. The smallest absolute Gasteiger partial charge is 0.246 e. The highest BCUT2D eigenvalue weighted by molar-refractivity contribution is 5.91. The Morgan fingerprint density at radius 1 is 1.28 bits per heavy atom. The third kappa shape index (κ3) is 3.33. The summed E-state index contributed by atoms with van der Waals surface area (Å²) in [5.41, 5.74) is 2.66. The van der Waals surface area contributed by atoms with Gasteiger partial charge in [-0.2, -0.15) is 5.10 Å². The topological polar surface area (TPSA) is 64.2 Å². The predicted molar refractivity (Wildman–Crippen MR) is 94.8 cm³/mol. The maximum atomic E-state index is 12.3. The van der Waals surface area contributed by atoms with Crippen LogP contribution >= 0.6 is 0 Å². The standard InChI is InChI=1S/C19H20N4O2/c1-22-13-14(12-20-22)6-7-18(24)23-10-8-15(9-11-23)19-21-16-4-2-3-5-17(16)25-19/h2-7,12-13,15H,8-11H2,1H3/b7-6+. The first-order valence-corrected chi connectivity index (χ1v) is 8.50. The van der Waals surface area contributed by atoms with E-state index in [2.05, 4.69) is 10.1 Å². The van der Waals surface area contributed by atoms with Gasteiger partial charge in [-0.1, -0.05) is 12.1 Å². The second-order valence-corrected chi connectivity index (χ2v) is 6.40. The van der Waals surface area contributed by atoms with Gasteiger partial charge >= 0.3 is 0 Å². The Morgan fingerprint density at radius 2 is 2.08 bits per heavy atom. The van der Waals surface area contributed by atoms with Gasteiger partial charge in [0.2, 0.25) is 5.91 Å². The summed E-state index contributed by atoms with van der Waals surface area (Å²) in [4.78, 5) is 18.8. The summed E-state index contributed by atoms with van der Waals surface area (Å²) in [5.74, 6) is 1.11. The number of hydrogen-bond acceptors (Lipinski definition) is 4. The van der Waals surface area contributed by atoms with E-state index in [0.717, 1.165) is 48.5 Å². The second-order valence-electron chi connectivity index (χ2n) is 6.40. The number of carbonyl (C=O) groups is 1. The molecule has 3 heterocycles. The molecule has 0 spiro atoms. The summed E-state index contributed by atoms with van der Waals surface area (Å²) < 4.78 is 7.59. The normalized spacial score (nSPS) is 16.1. The fraction of sp³-hybridized carbons (Fsp3) is 0.316. The van der Waals surface area contributed by atoms with E-state index in [0.29, 0.717) is 0 Å². The van der Waals surface area contributed by atoms with Crippen LogP contribution in [0.5, 0.6) is 0 Å². The van der Waals surface area contributed by atoms with E-state index < -0.39 is 0 Å². The molecule has 1 amide bonds. The monoisotopic (exact) mass is 336 g/mol. The predicted octanol–water partition coefficient (Wildman–Crippen LogP) is 2.98. The van der Waals surface area contributed by atoms with E-state index >= 15 is 0 Å². The Morgan fingerprint density at radius 3 is 2.80 bits per heavy atom. The minimum absolute atomic E-state index is 0.0415. The zero-order valence-electron chi connectivity index (χ0n) is 14.1. The lowest BCUT2D eigenvalue weighted by Crippen LogP contribution is -2.36. The fourth-order valence-electron chi connectivity index (χ4n) is 3.21. The summed E-state index contributed by atoms with van der Waals surface area (Å²) >= 11 is 0. The molecule has 1 aromatic carbocycles. The minimum atomic E-state index is 0.0415. The molecule has 0 saturated carbocycles. The maximum absolute atomic E-state index is 12.3. The average Bonchev–Trinajstić information content (AvgIpc) is 3.25. The Kier molecular flexibility index (Phi) is 4.09. The highest BCUT2D eigenvalue weighted by Crippen LogP contribution is 2.29. The Balaban J connectivity index is 1.37. The quantitative estimate of drug-likeness (QED) is 0.690. The van der Waals surface area contributed by atoms with Gasteiger partial charge in [0.1, 0.15) is 5.52 Å². The van der Waals surface area contributed by atoms with Crippen LogP contribution in [-0.4, -0.2) is 38.7 Å². The molecule has 2 aromatic heterocycles. The first-order valence-electron chi connectivity index (χ1n) is 8.50. The number of aromatic nitrogens is 3. The Labute approximate surface area is 145 Å². The largest absolute Gasteiger partial charge is 0.440 e. The molecule has 25 heavy (non-hydrogen) atoms. The molecule has 0 atom stereocenters. The first kappa shape index (κ1) is 15.6. The zero-order valence-corrected chi connectivity index (χ0v) is 14.1. The number of rotatable bonds is 3. The minimum Gasteiger partial charge on any atom is -0.440 e. The van der Waals surface area contributed by atoms with Crippen LogP contribution in [0.2, 0.25) is 0 Å². The number of aryl methyl sites for hydroxylation is 1. The molecule has 6 heteroatoms. The number of likely N-dealkylation sites (tertiary alicyclic amines) is 1. The molecule has 1 aliphatic heterocycles. The van der Waals surface area contributed by atoms with Crippen LogP contribution in [0.3, 0.4) is 0 Å². The summed E-state index contributed by atoms with van der Waals surface area (Å²) in [6.07, 6.45) is 8.80. The number of benzene rings is 1. The lowest BCUT2D eigenvalue weighted by atomic mass is 9.96. The molecule has 0 radical (unpaired) electrons. The number of oxazole rings is 1. The Bertz CT molecular complexity index is 883. The van der Waals surface area contributed by atoms with E-state index in [4.69, 9.17) is 4.42 Å². The molecule has 0 bridgehead atoms. The number of fused-ring (bicyclic) bond motifs is 1. The fourth-order valence-corrected chi connectivity index (χ4v) is 3.21. The van der Waals surface area contributed by atoms with E-state index in [1.807, 2.05) is 48.5 Å². The van der Waals surface area contributed by atoms with Gasteiger partial charge < -0.3 is 9.32 Å². The molecular formula is C19H20N4O2. The molecule has 3 aromatic rings. The SMILES string of the molecule is Cn1cc(/C=C/C(=O)N2CCC(c3nc4ccccc4o3)CC2)cn1. The van der Waals surface area contributed by atoms with Crippen LogP contribution in [-0.2, 0) is 11.8 Å². The first-order chi connectivity index (χ1) is 12.2. The summed E-state index contributed by atoms with van der Waals surface area (Å²) in [5, 5.41) is 4.09. The maximum Gasteiger partial charge on any atom is 0.246 e. The molecule has 0 aliphatic carbocycles. The third-order valence-electron chi connectivity index (χ3n) is 4.61. The van der Waals surface area contributed by atoms with Gasteiger partial charge in [0.25, 0.3) is 0 Å². The van der Waals surface area contributed by atoms with Crippen molar-refractivity contribution in [3.63, 3.8) is 0 Å². The van der Waals surface area contributed by atoms with Crippen molar-refractivity contribution in [1.82, 2.24) is 19.7 Å². The van der Waals surface area contributed by atoms with Crippen molar-refractivity contribution in [2.24, 2.45) is 7.05 Å². The van der Waals surface area contributed by atoms with E-state index in [-0.39, 0.29) is 11.8 Å². The van der Waals surface area contributed by atoms with Crippen molar-refractivity contribution < 1.29 is 9.21 Å². The highest BCUT2D eigenvalue weighted by Gasteiger charge is 2.26. The van der Waals surface area contributed by atoms with E-state index in [9.17, 15) is 4.79 Å². The van der Waals surface area contributed by atoms with Crippen molar-refractivity contribution in [1.29, 1.82) is 0 Å². The van der Waals surface area contributed by atoms with E-state index in [1.165, 1.54) is 0 Å².